The standard InChI is InChI=1S/C18H12Cl2F6O3/c19-16(20)7-8-27-15-6-5-13(9-14(15)18(24,25)26)29-12-3-1-11(2-4-12)28-10-17(21,22)23/h1-7,9H,8,10H2. The second-order valence-electron chi connectivity index (χ2n) is 5.44. The molecule has 0 N–H and O–H groups in total. The summed E-state index contributed by atoms with van der Waals surface area (Å²) in [4.78, 5) is 0. The van der Waals surface area contributed by atoms with Crippen LogP contribution in [0.5, 0.6) is 23.0 Å². The molecule has 158 valence electrons. The molecule has 0 saturated heterocycles. The molecule has 29 heavy (non-hydrogen) atoms. The van der Waals surface area contributed by atoms with Gasteiger partial charge in [0.1, 0.15) is 39.7 Å². The minimum Gasteiger partial charge on any atom is -0.489 e. The average molecular weight is 461 g/mol. The van der Waals surface area contributed by atoms with Crippen molar-refractivity contribution in [2.45, 2.75) is 12.4 Å². The highest BCUT2D eigenvalue weighted by molar-refractivity contribution is 6.55. The molecule has 0 unspecified atom stereocenters. The van der Waals surface area contributed by atoms with Crippen LogP contribution in [0.4, 0.5) is 26.3 Å². The van der Waals surface area contributed by atoms with Gasteiger partial charge in [0.15, 0.2) is 6.61 Å². The highest BCUT2D eigenvalue weighted by Crippen LogP contribution is 2.39. The SMILES string of the molecule is FC(F)(F)COc1ccc(Oc2ccc(OCC=C(Cl)Cl)c(C(F)(F)F)c2)cc1. The maximum absolute atomic E-state index is 13.3. The van der Waals surface area contributed by atoms with E-state index in [1.807, 2.05) is 0 Å². The van der Waals surface area contributed by atoms with Gasteiger partial charge in [0.2, 0.25) is 0 Å². The van der Waals surface area contributed by atoms with E-state index in [-0.39, 0.29) is 28.3 Å². The molecule has 0 aromatic heterocycles. The minimum atomic E-state index is -4.72. The number of ether oxygens (including phenoxy) is 3. The topological polar surface area (TPSA) is 27.7 Å². The lowest BCUT2D eigenvalue weighted by Gasteiger charge is -2.15. The quantitative estimate of drug-likeness (QED) is 0.411. The third-order valence-electron chi connectivity index (χ3n) is 3.19. The van der Waals surface area contributed by atoms with Gasteiger partial charge in [-0.3, -0.25) is 0 Å². The van der Waals surface area contributed by atoms with Gasteiger partial charge in [-0.2, -0.15) is 26.3 Å². The van der Waals surface area contributed by atoms with Crippen molar-refractivity contribution in [3.63, 3.8) is 0 Å². The van der Waals surface area contributed by atoms with E-state index in [2.05, 4.69) is 4.74 Å². The summed E-state index contributed by atoms with van der Waals surface area (Å²) < 4.78 is 90.9. The van der Waals surface area contributed by atoms with Crippen molar-refractivity contribution in [2.75, 3.05) is 13.2 Å². The largest absolute Gasteiger partial charge is 0.489 e. The van der Waals surface area contributed by atoms with Gasteiger partial charge in [0, 0.05) is 0 Å². The Kier molecular flexibility index (Phi) is 7.54. The molecular weight excluding hydrogens is 449 g/mol. The normalized spacial score (nSPS) is 11.7. The van der Waals surface area contributed by atoms with Crippen LogP contribution < -0.4 is 14.2 Å². The molecular formula is C18H12Cl2F6O3. The van der Waals surface area contributed by atoms with Crippen molar-refractivity contribution >= 4 is 23.2 Å². The second-order valence-corrected chi connectivity index (χ2v) is 6.45. The monoisotopic (exact) mass is 460 g/mol. The van der Waals surface area contributed by atoms with Crippen molar-refractivity contribution in [1.29, 1.82) is 0 Å². The van der Waals surface area contributed by atoms with Crippen LogP contribution in [-0.4, -0.2) is 19.4 Å². The molecule has 0 radical (unpaired) electrons. The molecule has 0 amide bonds. The summed E-state index contributed by atoms with van der Waals surface area (Å²) in [5, 5.41) is 0. The van der Waals surface area contributed by atoms with Crippen LogP contribution in [0.1, 0.15) is 5.56 Å². The van der Waals surface area contributed by atoms with Gasteiger partial charge < -0.3 is 14.2 Å². The van der Waals surface area contributed by atoms with E-state index >= 15 is 0 Å². The summed E-state index contributed by atoms with van der Waals surface area (Å²) in [6.45, 7) is -1.74. The van der Waals surface area contributed by atoms with E-state index in [1.54, 1.807) is 0 Å². The molecule has 0 bridgehead atoms. The van der Waals surface area contributed by atoms with Crippen LogP contribution in [0.25, 0.3) is 0 Å². The highest BCUT2D eigenvalue weighted by atomic mass is 35.5. The average Bonchev–Trinajstić information content (AvgIpc) is 2.60. The van der Waals surface area contributed by atoms with Gasteiger partial charge in [0.05, 0.1) is 0 Å². The van der Waals surface area contributed by atoms with Crippen LogP contribution in [0.2, 0.25) is 0 Å². The molecule has 2 rings (SSSR count). The van der Waals surface area contributed by atoms with Crippen LogP contribution in [-0.2, 0) is 6.18 Å². The summed E-state index contributed by atoms with van der Waals surface area (Å²) >= 11 is 10.8. The Bertz CT molecular complexity index is 844. The number of rotatable bonds is 7. The summed E-state index contributed by atoms with van der Waals surface area (Å²) in [7, 11) is 0. The van der Waals surface area contributed by atoms with Crippen molar-refractivity contribution in [3.8, 4) is 23.0 Å². The molecule has 0 atom stereocenters. The number of hydrogen-bond acceptors (Lipinski definition) is 3. The summed E-state index contributed by atoms with van der Waals surface area (Å²) in [6, 6.07) is 7.96. The number of alkyl halides is 6. The predicted molar refractivity (Wildman–Crippen MR) is 94.8 cm³/mol. The molecule has 0 spiro atoms. The molecule has 0 aliphatic rings. The summed E-state index contributed by atoms with van der Waals surface area (Å²) in [5.74, 6) is -0.574. The first kappa shape index (κ1) is 23.0. The fourth-order valence-corrected chi connectivity index (χ4v) is 2.15. The Labute approximate surface area is 171 Å². The Morgan fingerprint density at radius 2 is 1.41 bits per heavy atom. The fraction of sp³-hybridized carbons (Fsp3) is 0.222. The van der Waals surface area contributed by atoms with Gasteiger partial charge in [0.25, 0.3) is 0 Å². The van der Waals surface area contributed by atoms with Crippen LogP contribution >= 0.6 is 23.2 Å². The summed E-state index contributed by atoms with van der Waals surface area (Å²) in [5.41, 5.74) is -1.08. The minimum absolute atomic E-state index is 0.0691. The predicted octanol–water partition coefficient (Wildman–Crippen LogP) is 7.14. The highest BCUT2D eigenvalue weighted by Gasteiger charge is 2.35. The first-order valence-corrected chi connectivity index (χ1v) is 8.52. The van der Waals surface area contributed by atoms with Crippen LogP contribution in [0.15, 0.2) is 53.0 Å². The molecule has 0 heterocycles. The van der Waals surface area contributed by atoms with Crippen molar-refractivity contribution in [1.82, 2.24) is 0 Å². The van der Waals surface area contributed by atoms with Crippen LogP contribution in [0, 0.1) is 0 Å². The van der Waals surface area contributed by atoms with E-state index in [0.29, 0.717) is 0 Å². The molecule has 0 aliphatic heterocycles. The Morgan fingerprint density at radius 1 is 0.828 bits per heavy atom. The lowest BCUT2D eigenvalue weighted by atomic mass is 10.2. The molecule has 2 aromatic carbocycles. The van der Waals surface area contributed by atoms with Gasteiger partial charge >= 0.3 is 12.4 Å². The lowest BCUT2D eigenvalue weighted by molar-refractivity contribution is -0.153. The third-order valence-corrected chi connectivity index (χ3v) is 3.50. The fourth-order valence-electron chi connectivity index (χ4n) is 2.02. The Morgan fingerprint density at radius 3 is 1.97 bits per heavy atom. The van der Waals surface area contributed by atoms with E-state index in [0.717, 1.165) is 12.1 Å². The maximum atomic E-state index is 13.3. The molecule has 0 aliphatic carbocycles. The van der Waals surface area contributed by atoms with Gasteiger partial charge in [-0.05, 0) is 48.5 Å². The first-order chi connectivity index (χ1) is 13.4. The Hall–Kier alpha value is -2.26. The molecule has 11 heteroatoms. The second kappa shape index (κ2) is 9.49. The number of hydrogen-bond donors (Lipinski definition) is 0. The van der Waals surface area contributed by atoms with Gasteiger partial charge in [-0.1, -0.05) is 23.2 Å². The molecule has 0 saturated carbocycles. The number of benzene rings is 2. The smallest absolute Gasteiger partial charge is 0.422 e. The van der Waals surface area contributed by atoms with Crippen molar-refractivity contribution < 1.29 is 40.6 Å². The van der Waals surface area contributed by atoms with E-state index in [4.69, 9.17) is 32.7 Å². The van der Waals surface area contributed by atoms with E-state index < -0.39 is 30.3 Å². The van der Waals surface area contributed by atoms with E-state index in [1.165, 1.54) is 36.4 Å². The molecule has 0 fully saturated rings. The number of halogens is 8. The molecule has 2 aromatic rings. The van der Waals surface area contributed by atoms with E-state index in [9.17, 15) is 26.3 Å². The zero-order chi connectivity index (χ0) is 21.7. The van der Waals surface area contributed by atoms with Crippen molar-refractivity contribution in [3.05, 3.63) is 58.6 Å². The van der Waals surface area contributed by atoms with Crippen LogP contribution in [0.3, 0.4) is 0 Å². The summed E-state index contributed by atoms with van der Waals surface area (Å²) in [6.07, 6.45) is -8.04. The third kappa shape index (κ3) is 7.94. The van der Waals surface area contributed by atoms with Gasteiger partial charge in [-0.25, -0.2) is 0 Å². The lowest BCUT2D eigenvalue weighted by Crippen LogP contribution is -2.19. The zero-order valence-electron chi connectivity index (χ0n) is 14.3. The first-order valence-electron chi connectivity index (χ1n) is 7.77. The maximum Gasteiger partial charge on any atom is 0.422 e. The van der Waals surface area contributed by atoms with Gasteiger partial charge in [-0.15, -0.1) is 0 Å². The Balaban J connectivity index is 2.13. The van der Waals surface area contributed by atoms with Crippen molar-refractivity contribution in [2.24, 2.45) is 0 Å². The zero-order valence-corrected chi connectivity index (χ0v) is 15.8. The molecule has 3 nitrogen and oxygen atoms in total.